The van der Waals surface area contributed by atoms with Crippen LogP contribution in [0.3, 0.4) is 0 Å². The maximum absolute atomic E-state index is 12.8. The normalized spacial score (nSPS) is 14.3. The molecule has 0 saturated carbocycles. The third-order valence-corrected chi connectivity index (χ3v) is 5.16. The van der Waals surface area contributed by atoms with Gasteiger partial charge in [0.25, 0.3) is 5.91 Å². The third kappa shape index (κ3) is 5.49. The molecule has 1 fully saturated rings. The lowest BCUT2D eigenvalue weighted by atomic mass is 10.1. The van der Waals surface area contributed by atoms with Crippen LogP contribution in [-0.2, 0) is 4.79 Å². The SMILES string of the molecule is Cc1ccc(Cl)cc1NC(=O)CNc1cccc(C(=O)N2CCCCCC2)c1. The minimum Gasteiger partial charge on any atom is -0.376 e. The quantitative estimate of drug-likeness (QED) is 0.765. The van der Waals surface area contributed by atoms with Gasteiger partial charge in [0, 0.05) is 35.1 Å². The number of nitrogens with zero attached hydrogens (tertiary/aromatic N) is 1. The predicted molar refractivity (Wildman–Crippen MR) is 114 cm³/mol. The van der Waals surface area contributed by atoms with Gasteiger partial charge < -0.3 is 15.5 Å². The number of amides is 2. The van der Waals surface area contributed by atoms with Gasteiger partial charge >= 0.3 is 0 Å². The van der Waals surface area contributed by atoms with Gasteiger partial charge in [-0.15, -0.1) is 0 Å². The number of nitrogens with one attached hydrogen (secondary N) is 2. The summed E-state index contributed by atoms with van der Waals surface area (Å²) in [6.07, 6.45) is 4.50. The predicted octanol–water partition coefficient (Wildman–Crippen LogP) is 4.72. The number of halogens is 1. The highest BCUT2D eigenvalue weighted by molar-refractivity contribution is 6.31. The second kappa shape index (κ2) is 9.60. The summed E-state index contributed by atoms with van der Waals surface area (Å²) in [5.41, 5.74) is 3.05. The Labute approximate surface area is 171 Å². The first-order chi connectivity index (χ1) is 13.5. The van der Waals surface area contributed by atoms with Crippen LogP contribution in [0.15, 0.2) is 42.5 Å². The molecule has 0 aliphatic carbocycles. The average Bonchev–Trinajstić information content (AvgIpc) is 2.98. The fourth-order valence-corrected chi connectivity index (χ4v) is 3.50. The van der Waals surface area contributed by atoms with E-state index in [9.17, 15) is 9.59 Å². The molecule has 2 aromatic carbocycles. The molecule has 0 radical (unpaired) electrons. The Morgan fingerprint density at radius 3 is 2.54 bits per heavy atom. The molecule has 1 aliphatic heterocycles. The summed E-state index contributed by atoms with van der Waals surface area (Å²) >= 11 is 5.99. The minimum absolute atomic E-state index is 0.0598. The van der Waals surface area contributed by atoms with Crippen molar-refractivity contribution in [1.82, 2.24) is 4.90 Å². The summed E-state index contributed by atoms with van der Waals surface area (Å²) in [7, 11) is 0. The molecular formula is C22H26ClN3O2. The van der Waals surface area contributed by atoms with Gasteiger partial charge in [0.2, 0.25) is 5.91 Å². The number of aryl methyl sites for hydroxylation is 1. The molecule has 28 heavy (non-hydrogen) atoms. The molecule has 1 heterocycles. The molecule has 2 N–H and O–H groups in total. The van der Waals surface area contributed by atoms with Crippen LogP contribution in [0.5, 0.6) is 0 Å². The van der Waals surface area contributed by atoms with Crippen molar-refractivity contribution in [1.29, 1.82) is 0 Å². The van der Waals surface area contributed by atoms with E-state index in [1.807, 2.05) is 42.2 Å². The number of anilines is 2. The van der Waals surface area contributed by atoms with E-state index in [1.54, 1.807) is 12.1 Å². The number of benzene rings is 2. The van der Waals surface area contributed by atoms with E-state index in [4.69, 9.17) is 11.6 Å². The van der Waals surface area contributed by atoms with E-state index < -0.39 is 0 Å². The fourth-order valence-electron chi connectivity index (χ4n) is 3.32. The summed E-state index contributed by atoms with van der Waals surface area (Å²) in [5.74, 6) is -0.112. The van der Waals surface area contributed by atoms with Crippen molar-refractivity contribution >= 4 is 34.8 Å². The van der Waals surface area contributed by atoms with Crippen molar-refractivity contribution in [2.24, 2.45) is 0 Å². The van der Waals surface area contributed by atoms with Gasteiger partial charge in [-0.1, -0.05) is 36.6 Å². The highest BCUT2D eigenvalue weighted by Crippen LogP contribution is 2.20. The van der Waals surface area contributed by atoms with Gasteiger partial charge in [0.1, 0.15) is 0 Å². The van der Waals surface area contributed by atoms with Crippen LogP contribution >= 0.6 is 11.6 Å². The molecule has 148 valence electrons. The van der Waals surface area contributed by atoms with Crippen molar-refractivity contribution in [2.75, 3.05) is 30.3 Å². The zero-order chi connectivity index (χ0) is 19.9. The van der Waals surface area contributed by atoms with Crippen molar-refractivity contribution in [3.05, 3.63) is 58.6 Å². The first-order valence-corrected chi connectivity index (χ1v) is 10.1. The molecule has 1 aliphatic rings. The molecule has 0 spiro atoms. The molecule has 0 aromatic heterocycles. The van der Waals surface area contributed by atoms with E-state index in [0.29, 0.717) is 16.3 Å². The first-order valence-electron chi connectivity index (χ1n) is 9.72. The van der Waals surface area contributed by atoms with Crippen LogP contribution in [0, 0.1) is 6.92 Å². The maximum atomic E-state index is 12.8. The van der Waals surface area contributed by atoms with Crippen LogP contribution < -0.4 is 10.6 Å². The van der Waals surface area contributed by atoms with Crippen molar-refractivity contribution in [2.45, 2.75) is 32.6 Å². The van der Waals surface area contributed by atoms with Crippen LogP contribution in [0.4, 0.5) is 11.4 Å². The molecule has 1 saturated heterocycles. The lowest BCUT2D eigenvalue weighted by Gasteiger charge is -2.20. The summed E-state index contributed by atoms with van der Waals surface area (Å²) in [5, 5.41) is 6.53. The Balaban J connectivity index is 1.59. The smallest absolute Gasteiger partial charge is 0.253 e. The number of carbonyl (C=O) groups is 2. The van der Waals surface area contributed by atoms with Crippen LogP contribution in [-0.4, -0.2) is 36.3 Å². The Kier molecular flexibility index (Phi) is 6.93. The standard InChI is InChI=1S/C22H26ClN3O2/c1-16-9-10-18(23)14-20(16)25-21(27)15-24-19-8-6-7-17(13-19)22(28)26-11-4-2-3-5-12-26/h6-10,13-14,24H,2-5,11-12,15H2,1H3,(H,25,27). The first kappa shape index (κ1) is 20.2. The second-order valence-corrected chi connectivity index (χ2v) is 7.58. The summed E-state index contributed by atoms with van der Waals surface area (Å²) < 4.78 is 0. The van der Waals surface area contributed by atoms with Gasteiger partial charge in [-0.05, 0) is 55.7 Å². The van der Waals surface area contributed by atoms with Gasteiger partial charge in [0.15, 0.2) is 0 Å². The van der Waals surface area contributed by atoms with Gasteiger partial charge in [-0.25, -0.2) is 0 Å². The highest BCUT2D eigenvalue weighted by atomic mass is 35.5. The van der Waals surface area contributed by atoms with Crippen molar-refractivity contribution < 1.29 is 9.59 Å². The van der Waals surface area contributed by atoms with E-state index in [-0.39, 0.29) is 18.4 Å². The second-order valence-electron chi connectivity index (χ2n) is 7.15. The zero-order valence-corrected chi connectivity index (χ0v) is 16.9. The lowest BCUT2D eigenvalue weighted by Crippen LogP contribution is -2.31. The van der Waals surface area contributed by atoms with E-state index in [1.165, 1.54) is 12.8 Å². The molecule has 3 rings (SSSR count). The number of carbonyl (C=O) groups excluding carboxylic acids is 2. The van der Waals surface area contributed by atoms with Gasteiger partial charge in [-0.3, -0.25) is 9.59 Å². The monoisotopic (exact) mass is 399 g/mol. The third-order valence-electron chi connectivity index (χ3n) is 4.93. The Bertz CT molecular complexity index is 845. The summed E-state index contributed by atoms with van der Waals surface area (Å²) in [6.45, 7) is 3.65. The fraction of sp³-hybridized carbons (Fsp3) is 0.364. The van der Waals surface area contributed by atoms with E-state index >= 15 is 0 Å². The number of hydrogen-bond donors (Lipinski definition) is 2. The molecule has 0 unspecified atom stereocenters. The minimum atomic E-state index is -0.172. The number of rotatable bonds is 5. The molecule has 6 heteroatoms. The van der Waals surface area contributed by atoms with Crippen LogP contribution in [0.25, 0.3) is 0 Å². The van der Waals surface area contributed by atoms with Crippen molar-refractivity contribution in [3.63, 3.8) is 0 Å². The van der Waals surface area contributed by atoms with Gasteiger partial charge in [-0.2, -0.15) is 0 Å². The maximum Gasteiger partial charge on any atom is 0.253 e. The summed E-state index contributed by atoms with van der Waals surface area (Å²) in [4.78, 5) is 27.0. The highest BCUT2D eigenvalue weighted by Gasteiger charge is 2.17. The summed E-state index contributed by atoms with van der Waals surface area (Å²) in [6, 6.07) is 12.7. The van der Waals surface area contributed by atoms with Gasteiger partial charge in [0.05, 0.1) is 6.54 Å². The molecule has 2 amide bonds. The van der Waals surface area contributed by atoms with E-state index in [2.05, 4.69) is 10.6 Å². The Morgan fingerprint density at radius 1 is 1.04 bits per heavy atom. The number of hydrogen-bond acceptors (Lipinski definition) is 3. The Hall–Kier alpha value is -2.53. The lowest BCUT2D eigenvalue weighted by molar-refractivity contribution is -0.114. The van der Waals surface area contributed by atoms with Crippen LogP contribution in [0.1, 0.15) is 41.6 Å². The van der Waals surface area contributed by atoms with Crippen molar-refractivity contribution in [3.8, 4) is 0 Å². The molecule has 5 nitrogen and oxygen atoms in total. The molecular weight excluding hydrogens is 374 g/mol. The topological polar surface area (TPSA) is 61.4 Å². The zero-order valence-electron chi connectivity index (χ0n) is 16.1. The Morgan fingerprint density at radius 2 is 1.79 bits per heavy atom. The number of likely N-dealkylation sites (tertiary alicyclic amines) is 1. The molecule has 0 atom stereocenters. The molecule has 2 aromatic rings. The average molecular weight is 400 g/mol. The van der Waals surface area contributed by atoms with E-state index in [0.717, 1.165) is 37.2 Å². The molecule has 0 bridgehead atoms. The van der Waals surface area contributed by atoms with Crippen LogP contribution in [0.2, 0.25) is 5.02 Å². The largest absolute Gasteiger partial charge is 0.376 e.